The van der Waals surface area contributed by atoms with E-state index in [1.807, 2.05) is 20.2 Å². The van der Waals surface area contributed by atoms with Gasteiger partial charge in [0, 0.05) is 6.42 Å². The lowest BCUT2D eigenvalue weighted by molar-refractivity contribution is -0.902. The van der Waals surface area contributed by atoms with Crippen LogP contribution in [0.3, 0.4) is 0 Å². The number of quaternary nitrogens is 1. The van der Waals surface area contributed by atoms with E-state index in [0.29, 0.717) is 4.48 Å². The Morgan fingerprint density at radius 1 is 1.56 bits per heavy atom. The Morgan fingerprint density at radius 3 is 2.44 bits per heavy atom. The van der Waals surface area contributed by atoms with E-state index in [1.54, 1.807) is 0 Å². The summed E-state index contributed by atoms with van der Waals surface area (Å²) in [5, 5.41) is 0. The van der Waals surface area contributed by atoms with Gasteiger partial charge >= 0.3 is 0 Å². The normalized spacial score (nSPS) is 11.4. The second-order valence-corrected chi connectivity index (χ2v) is 2.86. The smallest absolute Gasteiger partial charge is 0.221 e. The molecule has 0 saturated carbocycles. The molecule has 2 heteroatoms. The van der Waals surface area contributed by atoms with Gasteiger partial charge in [0.05, 0.1) is 20.6 Å². The molecule has 0 bridgehead atoms. The molecule has 0 aliphatic heterocycles. The van der Waals surface area contributed by atoms with E-state index in [-0.39, 0.29) is 6.80 Å². The standard InChI is InChI=1S/C7H15FN/c1-4-5-6-9(2,3)7-8/h4H,1,5-7H2,2-3H3/q+1. The zero-order chi connectivity index (χ0) is 7.33. The molecule has 0 atom stereocenters. The SMILES string of the molecule is C=CCC[N+](C)(C)CF. The molecule has 0 N–H and O–H groups in total. The van der Waals surface area contributed by atoms with Gasteiger partial charge in [-0.15, -0.1) is 6.58 Å². The Morgan fingerprint density at radius 2 is 2.11 bits per heavy atom. The molecular formula is C7H15FN+. The summed E-state index contributed by atoms with van der Waals surface area (Å²) in [4.78, 5) is 0. The molecule has 0 amide bonds. The lowest BCUT2D eigenvalue weighted by Gasteiger charge is -2.24. The quantitative estimate of drug-likeness (QED) is 0.309. The lowest BCUT2D eigenvalue weighted by Crippen LogP contribution is -2.39. The van der Waals surface area contributed by atoms with Crippen LogP contribution in [0.5, 0.6) is 0 Å². The van der Waals surface area contributed by atoms with Crippen molar-refractivity contribution >= 4 is 0 Å². The number of halogens is 1. The zero-order valence-corrected chi connectivity index (χ0v) is 6.23. The van der Waals surface area contributed by atoms with Crippen molar-refractivity contribution in [3.8, 4) is 0 Å². The Kier molecular flexibility index (Phi) is 3.47. The van der Waals surface area contributed by atoms with Gasteiger partial charge in [0.15, 0.2) is 0 Å². The van der Waals surface area contributed by atoms with E-state index in [4.69, 9.17) is 0 Å². The molecule has 0 aromatic carbocycles. The third kappa shape index (κ3) is 4.15. The first-order valence-electron chi connectivity index (χ1n) is 3.11. The third-order valence-electron chi connectivity index (χ3n) is 1.26. The first kappa shape index (κ1) is 8.63. The van der Waals surface area contributed by atoms with Gasteiger partial charge in [-0.05, 0) is 0 Å². The van der Waals surface area contributed by atoms with E-state index >= 15 is 0 Å². The molecule has 0 aliphatic carbocycles. The van der Waals surface area contributed by atoms with E-state index in [0.717, 1.165) is 13.0 Å². The Bertz CT molecular complexity index is 88.9. The molecule has 54 valence electrons. The molecule has 9 heavy (non-hydrogen) atoms. The monoisotopic (exact) mass is 132 g/mol. The highest BCUT2D eigenvalue weighted by Gasteiger charge is 2.10. The number of alkyl halides is 1. The third-order valence-corrected chi connectivity index (χ3v) is 1.26. The van der Waals surface area contributed by atoms with Crippen LogP contribution in [0.4, 0.5) is 4.39 Å². The second kappa shape index (κ2) is 3.62. The van der Waals surface area contributed by atoms with Crippen molar-refractivity contribution in [2.24, 2.45) is 0 Å². The molecule has 1 nitrogen and oxygen atoms in total. The van der Waals surface area contributed by atoms with E-state index < -0.39 is 0 Å². The Labute approximate surface area is 56.4 Å². The molecule has 0 radical (unpaired) electrons. The summed E-state index contributed by atoms with van der Waals surface area (Å²) in [5.74, 6) is 0. The van der Waals surface area contributed by atoms with E-state index in [1.165, 1.54) is 0 Å². The van der Waals surface area contributed by atoms with Crippen molar-refractivity contribution in [2.75, 3.05) is 27.4 Å². The fourth-order valence-corrected chi connectivity index (χ4v) is 0.501. The van der Waals surface area contributed by atoms with Gasteiger partial charge in [0.25, 0.3) is 0 Å². The zero-order valence-electron chi connectivity index (χ0n) is 6.23. The van der Waals surface area contributed by atoms with Gasteiger partial charge in [0.2, 0.25) is 6.80 Å². The minimum Gasteiger partial charge on any atom is -0.302 e. The largest absolute Gasteiger partial charge is 0.302 e. The fourth-order valence-electron chi connectivity index (χ4n) is 0.501. The van der Waals surface area contributed by atoms with Crippen LogP contribution in [0.25, 0.3) is 0 Å². The van der Waals surface area contributed by atoms with Gasteiger partial charge in [-0.1, -0.05) is 6.08 Å². The highest BCUT2D eigenvalue weighted by Crippen LogP contribution is 1.98. The van der Waals surface area contributed by atoms with Crippen LogP contribution < -0.4 is 0 Å². The predicted molar refractivity (Wildman–Crippen MR) is 37.8 cm³/mol. The number of nitrogens with zero attached hydrogens (tertiary/aromatic N) is 1. The van der Waals surface area contributed by atoms with E-state index in [2.05, 4.69) is 6.58 Å². The molecule has 0 aromatic heterocycles. The molecule has 0 saturated heterocycles. The highest BCUT2D eigenvalue weighted by atomic mass is 19.1. The number of hydrogen-bond donors (Lipinski definition) is 0. The van der Waals surface area contributed by atoms with Gasteiger partial charge < -0.3 is 4.48 Å². The summed E-state index contributed by atoms with van der Waals surface area (Å²) in [6, 6.07) is 0. The summed E-state index contributed by atoms with van der Waals surface area (Å²) in [6.45, 7) is 4.10. The van der Waals surface area contributed by atoms with Crippen LogP contribution in [0.1, 0.15) is 6.42 Å². The minimum absolute atomic E-state index is 0.298. The topological polar surface area (TPSA) is 0 Å². The molecular weight excluding hydrogens is 117 g/mol. The summed E-state index contributed by atoms with van der Waals surface area (Å²) in [6.07, 6.45) is 2.70. The minimum atomic E-state index is -0.298. The van der Waals surface area contributed by atoms with Crippen molar-refractivity contribution in [2.45, 2.75) is 6.42 Å². The number of hydrogen-bond acceptors (Lipinski definition) is 0. The maximum atomic E-state index is 12.0. The predicted octanol–water partition coefficient (Wildman–Crippen LogP) is 1.57. The van der Waals surface area contributed by atoms with Crippen molar-refractivity contribution in [1.82, 2.24) is 0 Å². The fraction of sp³-hybridized carbons (Fsp3) is 0.714. The second-order valence-electron chi connectivity index (χ2n) is 2.86. The lowest BCUT2D eigenvalue weighted by atomic mass is 10.4. The highest BCUT2D eigenvalue weighted by molar-refractivity contribution is 4.64. The molecule has 0 rings (SSSR count). The van der Waals surface area contributed by atoms with Crippen molar-refractivity contribution < 1.29 is 8.87 Å². The molecule has 0 spiro atoms. The maximum absolute atomic E-state index is 12.0. The van der Waals surface area contributed by atoms with Gasteiger partial charge in [-0.3, -0.25) is 0 Å². The van der Waals surface area contributed by atoms with Crippen molar-refractivity contribution in [3.63, 3.8) is 0 Å². The Hall–Kier alpha value is -0.370. The first-order valence-corrected chi connectivity index (χ1v) is 3.11. The summed E-state index contributed by atoms with van der Waals surface area (Å²) >= 11 is 0. The van der Waals surface area contributed by atoms with E-state index in [9.17, 15) is 4.39 Å². The first-order chi connectivity index (χ1) is 4.12. The van der Waals surface area contributed by atoms with Crippen LogP contribution in [0.2, 0.25) is 0 Å². The van der Waals surface area contributed by atoms with Gasteiger partial charge in [-0.25, -0.2) is 0 Å². The van der Waals surface area contributed by atoms with Crippen LogP contribution in [-0.4, -0.2) is 31.9 Å². The average molecular weight is 132 g/mol. The molecule has 0 aliphatic rings. The molecule has 0 fully saturated rings. The van der Waals surface area contributed by atoms with Gasteiger partial charge in [0.1, 0.15) is 0 Å². The molecule has 0 heterocycles. The van der Waals surface area contributed by atoms with Crippen LogP contribution >= 0.6 is 0 Å². The number of rotatable bonds is 4. The Balaban J connectivity index is 3.44. The maximum Gasteiger partial charge on any atom is 0.221 e. The molecule has 0 unspecified atom stereocenters. The van der Waals surface area contributed by atoms with Crippen molar-refractivity contribution in [1.29, 1.82) is 0 Å². The summed E-state index contributed by atoms with van der Waals surface area (Å²) in [7, 11) is 3.73. The van der Waals surface area contributed by atoms with Crippen LogP contribution in [-0.2, 0) is 0 Å². The average Bonchev–Trinajstić information content (AvgIpc) is 1.84. The van der Waals surface area contributed by atoms with Gasteiger partial charge in [-0.2, -0.15) is 4.39 Å². The molecule has 0 aromatic rings. The van der Waals surface area contributed by atoms with Crippen LogP contribution in [0.15, 0.2) is 12.7 Å². The summed E-state index contributed by atoms with van der Waals surface area (Å²) < 4.78 is 12.5. The van der Waals surface area contributed by atoms with Crippen LogP contribution in [0, 0.1) is 0 Å². The summed E-state index contributed by atoms with van der Waals surface area (Å²) in [5.41, 5.74) is 0. The van der Waals surface area contributed by atoms with Crippen molar-refractivity contribution in [3.05, 3.63) is 12.7 Å².